The highest BCUT2D eigenvalue weighted by Crippen LogP contribution is 2.28. The Hall–Kier alpha value is -4.85. The molecule has 0 N–H and O–H groups in total. The number of nitro benzene ring substituents is 1. The van der Waals surface area contributed by atoms with Crippen molar-refractivity contribution in [3.05, 3.63) is 112 Å². The van der Waals surface area contributed by atoms with Crippen molar-refractivity contribution in [1.82, 2.24) is 4.98 Å². The van der Waals surface area contributed by atoms with Gasteiger partial charge < -0.3 is 9.15 Å². The second-order valence-electron chi connectivity index (χ2n) is 7.15. The predicted molar refractivity (Wildman–Crippen MR) is 121 cm³/mol. The molecule has 0 spiro atoms. The second kappa shape index (κ2) is 8.35. The number of rotatable bonds is 5. The molecule has 1 aliphatic heterocycles. The summed E-state index contributed by atoms with van der Waals surface area (Å²) in [5.74, 6) is 0.908. The van der Waals surface area contributed by atoms with E-state index in [1.165, 1.54) is 12.1 Å². The van der Waals surface area contributed by atoms with Crippen molar-refractivity contribution in [2.45, 2.75) is 0 Å². The second-order valence-corrected chi connectivity index (χ2v) is 7.15. The lowest BCUT2D eigenvalue weighted by Gasteiger charge is -2.02. The highest BCUT2D eigenvalue weighted by molar-refractivity contribution is 6.14. The fraction of sp³-hybridized carbons (Fsp3) is 0. The number of amides is 1. The minimum Gasteiger partial charge on any atom is -0.436 e. The molecule has 1 amide bonds. The summed E-state index contributed by atoms with van der Waals surface area (Å²) in [6, 6.07) is 22.5. The Morgan fingerprint density at radius 1 is 0.848 bits per heavy atom. The van der Waals surface area contributed by atoms with Crippen LogP contribution < -0.4 is 0 Å². The number of carbonyl (C=O) groups is 1. The number of nitrogens with zero attached hydrogens (tertiary/aromatic N) is 3. The van der Waals surface area contributed by atoms with Gasteiger partial charge in [0.2, 0.25) is 11.8 Å². The van der Waals surface area contributed by atoms with Gasteiger partial charge in [-0.25, -0.2) is 4.98 Å². The number of non-ortho nitro benzene ring substituents is 1. The van der Waals surface area contributed by atoms with Gasteiger partial charge in [-0.2, -0.15) is 4.99 Å². The lowest BCUT2D eigenvalue weighted by molar-refractivity contribution is -0.384. The summed E-state index contributed by atoms with van der Waals surface area (Å²) < 4.78 is 11.5. The maximum Gasteiger partial charge on any atom is 0.316 e. The summed E-state index contributed by atoms with van der Waals surface area (Å²) in [6.07, 6.45) is 3.20. The number of aromatic nitrogens is 1. The van der Waals surface area contributed by atoms with Crippen molar-refractivity contribution in [2.75, 3.05) is 0 Å². The standard InChI is InChI=1S/C25H15N3O5/c29-23-21(32-25(27-23)18-4-2-1-3-5-18)14-16-6-8-19(9-7-16)24-26-15-22(33-24)17-10-12-20(13-11-17)28(30)31/h1-15H/b21-14-. The molecule has 0 saturated carbocycles. The fourth-order valence-corrected chi connectivity index (χ4v) is 3.28. The Morgan fingerprint density at radius 3 is 2.24 bits per heavy atom. The van der Waals surface area contributed by atoms with Gasteiger partial charge >= 0.3 is 5.91 Å². The first-order valence-corrected chi connectivity index (χ1v) is 9.96. The SMILES string of the molecule is O=C1N=C(c2ccccc2)O/C1=C\c1ccc(-c2ncc(-c3ccc([N+](=O)[O-])cc3)o2)cc1. The predicted octanol–water partition coefficient (Wildman–Crippen LogP) is 5.26. The van der Waals surface area contributed by atoms with Gasteiger partial charge in [-0.05, 0) is 48.0 Å². The molecule has 0 saturated heterocycles. The topological polar surface area (TPSA) is 108 Å². The molecule has 8 nitrogen and oxygen atoms in total. The first-order chi connectivity index (χ1) is 16.1. The van der Waals surface area contributed by atoms with Gasteiger partial charge in [-0.3, -0.25) is 14.9 Å². The van der Waals surface area contributed by atoms with E-state index in [1.54, 1.807) is 24.4 Å². The number of ether oxygens (including phenoxy) is 1. The number of hydrogen-bond acceptors (Lipinski definition) is 6. The van der Waals surface area contributed by atoms with Crippen LogP contribution in [0.4, 0.5) is 5.69 Å². The summed E-state index contributed by atoms with van der Waals surface area (Å²) in [6.45, 7) is 0. The average Bonchev–Trinajstić information content (AvgIpc) is 3.48. The molecule has 1 aliphatic rings. The van der Waals surface area contributed by atoms with E-state index in [-0.39, 0.29) is 17.3 Å². The van der Waals surface area contributed by atoms with Crippen LogP contribution in [0.15, 0.2) is 100 Å². The summed E-state index contributed by atoms with van der Waals surface area (Å²) in [7, 11) is 0. The monoisotopic (exact) mass is 437 g/mol. The van der Waals surface area contributed by atoms with E-state index >= 15 is 0 Å². The molecule has 3 aromatic carbocycles. The molecule has 5 rings (SSSR count). The van der Waals surface area contributed by atoms with Crippen molar-refractivity contribution in [3.63, 3.8) is 0 Å². The van der Waals surface area contributed by atoms with Crippen molar-refractivity contribution in [2.24, 2.45) is 4.99 Å². The van der Waals surface area contributed by atoms with E-state index in [9.17, 15) is 14.9 Å². The molecular formula is C25H15N3O5. The number of benzene rings is 3. The van der Waals surface area contributed by atoms with Crippen molar-refractivity contribution in [1.29, 1.82) is 0 Å². The normalized spacial score (nSPS) is 14.2. The van der Waals surface area contributed by atoms with E-state index in [4.69, 9.17) is 9.15 Å². The average molecular weight is 437 g/mol. The number of nitro groups is 1. The number of aliphatic imine (C=N–C) groups is 1. The molecule has 8 heteroatoms. The molecule has 1 aromatic heterocycles. The molecule has 0 unspecified atom stereocenters. The highest BCUT2D eigenvalue weighted by atomic mass is 16.6. The van der Waals surface area contributed by atoms with Gasteiger partial charge in [0, 0.05) is 28.8 Å². The van der Waals surface area contributed by atoms with Gasteiger partial charge in [0.1, 0.15) is 0 Å². The van der Waals surface area contributed by atoms with Crippen LogP contribution in [0, 0.1) is 10.1 Å². The van der Waals surface area contributed by atoms with E-state index in [0.29, 0.717) is 17.2 Å². The Labute approximate surface area is 187 Å². The molecule has 160 valence electrons. The minimum absolute atomic E-state index is 0.00853. The Kier molecular flexibility index (Phi) is 5.08. The number of carbonyl (C=O) groups excluding carboxylic acids is 1. The zero-order valence-corrected chi connectivity index (χ0v) is 17.0. The molecule has 4 aromatic rings. The van der Waals surface area contributed by atoms with Crippen LogP contribution in [0.1, 0.15) is 11.1 Å². The summed E-state index contributed by atoms with van der Waals surface area (Å²) in [4.78, 5) is 30.8. The third kappa shape index (κ3) is 4.17. The van der Waals surface area contributed by atoms with Gasteiger partial charge in [0.05, 0.1) is 11.1 Å². The van der Waals surface area contributed by atoms with Gasteiger partial charge in [0.25, 0.3) is 5.69 Å². The Bertz CT molecular complexity index is 1400. The molecule has 0 bridgehead atoms. The van der Waals surface area contributed by atoms with Crippen LogP contribution in [0.3, 0.4) is 0 Å². The summed E-state index contributed by atoms with van der Waals surface area (Å²) >= 11 is 0. The van der Waals surface area contributed by atoms with E-state index in [2.05, 4.69) is 9.98 Å². The van der Waals surface area contributed by atoms with Crippen molar-refractivity contribution < 1.29 is 18.9 Å². The van der Waals surface area contributed by atoms with Crippen LogP contribution in [0.5, 0.6) is 0 Å². The van der Waals surface area contributed by atoms with Crippen LogP contribution in [0.25, 0.3) is 28.9 Å². The van der Waals surface area contributed by atoms with Crippen LogP contribution in [-0.4, -0.2) is 21.7 Å². The smallest absolute Gasteiger partial charge is 0.316 e. The lowest BCUT2D eigenvalue weighted by atomic mass is 10.1. The zero-order chi connectivity index (χ0) is 22.8. The van der Waals surface area contributed by atoms with Crippen LogP contribution in [-0.2, 0) is 9.53 Å². The molecule has 0 atom stereocenters. The lowest BCUT2D eigenvalue weighted by Crippen LogP contribution is -1.99. The third-order valence-electron chi connectivity index (χ3n) is 4.96. The molecule has 2 heterocycles. The van der Waals surface area contributed by atoms with Gasteiger partial charge in [-0.15, -0.1) is 0 Å². The maximum absolute atomic E-state index is 12.2. The fourth-order valence-electron chi connectivity index (χ4n) is 3.28. The summed E-state index contributed by atoms with van der Waals surface area (Å²) in [5, 5.41) is 10.8. The van der Waals surface area contributed by atoms with Crippen LogP contribution in [0.2, 0.25) is 0 Å². The molecule has 0 fully saturated rings. The van der Waals surface area contributed by atoms with E-state index in [0.717, 1.165) is 16.7 Å². The third-order valence-corrected chi connectivity index (χ3v) is 4.96. The maximum atomic E-state index is 12.2. The molecular weight excluding hydrogens is 422 g/mol. The van der Waals surface area contributed by atoms with Crippen molar-refractivity contribution in [3.8, 4) is 22.8 Å². The van der Waals surface area contributed by atoms with Crippen LogP contribution >= 0.6 is 0 Å². The number of hydrogen-bond donors (Lipinski definition) is 0. The molecule has 0 radical (unpaired) electrons. The first-order valence-electron chi connectivity index (χ1n) is 9.96. The molecule has 0 aliphatic carbocycles. The molecule has 33 heavy (non-hydrogen) atoms. The largest absolute Gasteiger partial charge is 0.436 e. The quantitative estimate of drug-likeness (QED) is 0.239. The van der Waals surface area contributed by atoms with E-state index < -0.39 is 10.8 Å². The van der Waals surface area contributed by atoms with E-state index in [1.807, 2.05) is 54.6 Å². The summed E-state index contributed by atoms with van der Waals surface area (Å²) in [5.41, 5.74) is 2.93. The first kappa shape index (κ1) is 20.1. The Morgan fingerprint density at radius 2 is 1.55 bits per heavy atom. The van der Waals surface area contributed by atoms with Crippen molar-refractivity contribution >= 4 is 23.6 Å². The minimum atomic E-state index is -0.453. The zero-order valence-electron chi connectivity index (χ0n) is 17.0. The number of oxazole rings is 1. The van der Waals surface area contributed by atoms with Gasteiger partial charge in [-0.1, -0.05) is 30.3 Å². The highest BCUT2D eigenvalue weighted by Gasteiger charge is 2.23. The van der Waals surface area contributed by atoms with Gasteiger partial charge in [0.15, 0.2) is 11.5 Å². The Balaban J connectivity index is 1.31.